The summed E-state index contributed by atoms with van der Waals surface area (Å²) < 4.78 is 5.56. The molecule has 2 rings (SSSR count). The van der Waals surface area contributed by atoms with Crippen LogP contribution in [0, 0.1) is 0 Å². The molecule has 0 saturated carbocycles. The average molecular weight is 433 g/mol. The number of phenols is 1. The number of methoxy groups -OCH3 is 1. The van der Waals surface area contributed by atoms with Crippen molar-refractivity contribution in [1.82, 2.24) is 5.32 Å². The van der Waals surface area contributed by atoms with Crippen LogP contribution < -0.4 is 15.4 Å². The van der Waals surface area contributed by atoms with Gasteiger partial charge in [-0.3, -0.25) is 4.79 Å². The molecule has 0 bridgehead atoms. The summed E-state index contributed by atoms with van der Waals surface area (Å²) in [6.45, 7) is 3.74. The molecule has 7 heteroatoms. The van der Waals surface area contributed by atoms with Crippen LogP contribution in [0.1, 0.15) is 29.8 Å². The Morgan fingerprint density at radius 3 is 2.44 bits per heavy atom. The lowest BCUT2D eigenvalue weighted by Gasteiger charge is -2.10. The third-order valence-corrected chi connectivity index (χ3v) is 4.15. The van der Waals surface area contributed by atoms with Crippen molar-refractivity contribution in [1.29, 1.82) is 0 Å². The van der Waals surface area contributed by atoms with E-state index in [4.69, 9.17) is 4.74 Å². The maximum absolute atomic E-state index is 12.3. The molecular weight excluding hydrogens is 412 g/mol. The normalized spacial score (nSPS) is 10.9. The summed E-state index contributed by atoms with van der Waals surface area (Å²) in [5, 5.41) is 15.2. The fourth-order valence-corrected chi connectivity index (χ4v) is 2.72. The maximum Gasteiger partial charge on any atom is 0.319 e. The van der Waals surface area contributed by atoms with Crippen LogP contribution in [-0.4, -0.2) is 30.1 Å². The van der Waals surface area contributed by atoms with Crippen molar-refractivity contribution in [2.75, 3.05) is 12.4 Å². The van der Waals surface area contributed by atoms with Crippen LogP contribution >= 0.6 is 15.9 Å². The van der Waals surface area contributed by atoms with E-state index in [0.717, 1.165) is 0 Å². The molecule has 0 fully saturated rings. The second-order valence-corrected chi connectivity index (χ2v) is 6.94. The van der Waals surface area contributed by atoms with Crippen molar-refractivity contribution in [3.05, 3.63) is 58.1 Å². The Hall–Kier alpha value is -2.80. The molecule has 0 spiro atoms. The van der Waals surface area contributed by atoms with Crippen LogP contribution in [0.2, 0.25) is 0 Å². The molecule has 142 valence electrons. The zero-order valence-corrected chi connectivity index (χ0v) is 16.8. The predicted octanol–water partition coefficient (Wildman–Crippen LogP) is 4.59. The van der Waals surface area contributed by atoms with Crippen LogP contribution in [0.3, 0.4) is 0 Å². The summed E-state index contributed by atoms with van der Waals surface area (Å²) >= 11 is 3.24. The number of halogens is 1. The molecule has 2 amide bonds. The third kappa shape index (κ3) is 5.86. The highest BCUT2D eigenvalue weighted by molar-refractivity contribution is 9.10. The molecule has 27 heavy (non-hydrogen) atoms. The van der Waals surface area contributed by atoms with Crippen molar-refractivity contribution < 1.29 is 19.4 Å². The molecule has 2 aromatic carbocycles. The van der Waals surface area contributed by atoms with Gasteiger partial charge in [0.25, 0.3) is 0 Å². The Kier molecular flexibility index (Phi) is 7.01. The smallest absolute Gasteiger partial charge is 0.319 e. The zero-order valence-electron chi connectivity index (χ0n) is 15.2. The van der Waals surface area contributed by atoms with Gasteiger partial charge in [0.1, 0.15) is 0 Å². The lowest BCUT2D eigenvalue weighted by Crippen LogP contribution is -2.34. The van der Waals surface area contributed by atoms with Crippen LogP contribution in [0.4, 0.5) is 10.5 Å². The molecule has 0 heterocycles. The summed E-state index contributed by atoms with van der Waals surface area (Å²) in [6, 6.07) is 9.68. The highest BCUT2D eigenvalue weighted by Crippen LogP contribution is 2.35. The molecule has 0 atom stereocenters. The Morgan fingerprint density at radius 2 is 1.85 bits per heavy atom. The number of phenolic OH excluding ortho intramolecular Hbond substituents is 1. The van der Waals surface area contributed by atoms with E-state index in [2.05, 4.69) is 26.6 Å². The number of allylic oxidation sites excluding steroid dienone is 1. The molecule has 0 aliphatic carbocycles. The number of rotatable bonds is 6. The van der Waals surface area contributed by atoms with Crippen LogP contribution in [-0.2, 0) is 0 Å². The van der Waals surface area contributed by atoms with E-state index < -0.39 is 0 Å². The van der Waals surface area contributed by atoms with Gasteiger partial charge < -0.3 is 20.5 Å². The van der Waals surface area contributed by atoms with Gasteiger partial charge in [-0.05, 0) is 77.8 Å². The van der Waals surface area contributed by atoms with Gasteiger partial charge in [0, 0.05) is 17.3 Å². The van der Waals surface area contributed by atoms with Crippen molar-refractivity contribution in [2.45, 2.75) is 19.9 Å². The fourth-order valence-electron chi connectivity index (χ4n) is 2.26. The number of amides is 2. The standard InChI is InChI=1S/C20H21BrN2O4/c1-12(2)22-20(26)23-15-7-5-14(6-8-15)17(24)9-4-13-10-16(21)19(25)18(11-13)27-3/h4-12,25H,1-3H3,(H2,22,23,26). The van der Waals surface area contributed by atoms with Gasteiger partial charge in [-0.2, -0.15) is 0 Å². The highest BCUT2D eigenvalue weighted by atomic mass is 79.9. The molecule has 0 radical (unpaired) electrons. The topological polar surface area (TPSA) is 87.7 Å². The molecule has 2 aromatic rings. The number of hydrogen-bond acceptors (Lipinski definition) is 4. The first-order valence-corrected chi connectivity index (χ1v) is 9.06. The first-order valence-electron chi connectivity index (χ1n) is 8.26. The number of anilines is 1. The molecular formula is C20H21BrN2O4. The van der Waals surface area contributed by atoms with Gasteiger partial charge in [0.15, 0.2) is 17.3 Å². The summed E-state index contributed by atoms with van der Waals surface area (Å²) in [5.74, 6) is 0.133. The quantitative estimate of drug-likeness (QED) is 0.460. The van der Waals surface area contributed by atoms with Crippen LogP contribution in [0.15, 0.2) is 46.9 Å². The summed E-state index contributed by atoms with van der Waals surface area (Å²) in [4.78, 5) is 24.0. The largest absolute Gasteiger partial charge is 0.503 e. The molecule has 0 saturated heterocycles. The number of aromatic hydroxyl groups is 1. The summed E-state index contributed by atoms with van der Waals surface area (Å²) in [7, 11) is 1.46. The molecule has 0 aromatic heterocycles. The van der Waals surface area contributed by atoms with Gasteiger partial charge in [0.2, 0.25) is 0 Å². The summed E-state index contributed by atoms with van der Waals surface area (Å²) in [6.07, 6.45) is 3.07. The van der Waals surface area contributed by atoms with E-state index >= 15 is 0 Å². The first kappa shape index (κ1) is 20.5. The molecule has 0 aliphatic rings. The third-order valence-electron chi connectivity index (χ3n) is 3.54. The van der Waals surface area contributed by atoms with Gasteiger partial charge in [-0.15, -0.1) is 0 Å². The number of benzene rings is 2. The van der Waals surface area contributed by atoms with Crippen molar-refractivity contribution >= 4 is 39.5 Å². The van der Waals surface area contributed by atoms with Crippen molar-refractivity contribution in [2.24, 2.45) is 0 Å². The van der Waals surface area contributed by atoms with Crippen LogP contribution in [0.5, 0.6) is 11.5 Å². The molecule has 6 nitrogen and oxygen atoms in total. The lowest BCUT2D eigenvalue weighted by molar-refractivity contribution is 0.104. The molecule has 0 aliphatic heterocycles. The zero-order chi connectivity index (χ0) is 20.0. The van der Waals surface area contributed by atoms with Crippen molar-refractivity contribution in [3.63, 3.8) is 0 Å². The minimum Gasteiger partial charge on any atom is -0.503 e. The summed E-state index contributed by atoms with van der Waals surface area (Å²) in [5.41, 5.74) is 1.79. The van der Waals surface area contributed by atoms with Crippen molar-refractivity contribution in [3.8, 4) is 11.5 Å². The Bertz CT molecular complexity index is 861. The first-order chi connectivity index (χ1) is 12.8. The lowest BCUT2D eigenvalue weighted by atomic mass is 10.1. The monoisotopic (exact) mass is 432 g/mol. The van der Waals surface area contributed by atoms with E-state index in [0.29, 0.717) is 27.0 Å². The van der Waals surface area contributed by atoms with E-state index in [9.17, 15) is 14.7 Å². The Labute approximate surface area is 166 Å². The number of ketones is 1. The SMILES string of the molecule is COc1cc(C=CC(=O)c2ccc(NC(=O)NC(C)C)cc2)cc(Br)c1O. The molecule has 3 N–H and O–H groups in total. The van der Waals surface area contributed by atoms with Gasteiger partial charge >= 0.3 is 6.03 Å². The number of carbonyl (C=O) groups is 2. The van der Waals surface area contributed by atoms with E-state index in [1.807, 2.05) is 13.8 Å². The Balaban J connectivity index is 2.07. The van der Waals surface area contributed by atoms with Gasteiger partial charge in [-0.1, -0.05) is 6.08 Å². The number of ether oxygens (including phenoxy) is 1. The number of hydrogen-bond donors (Lipinski definition) is 3. The minimum absolute atomic E-state index is 0.00516. The second kappa shape index (κ2) is 9.23. The van der Waals surface area contributed by atoms with E-state index in [1.165, 1.54) is 13.2 Å². The van der Waals surface area contributed by atoms with E-state index in [-0.39, 0.29) is 23.6 Å². The molecule has 0 unspecified atom stereocenters. The number of nitrogens with one attached hydrogen (secondary N) is 2. The average Bonchev–Trinajstić information content (AvgIpc) is 2.62. The number of urea groups is 1. The highest BCUT2D eigenvalue weighted by Gasteiger charge is 2.08. The fraction of sp³-hybridized carbons (Fsp3) is 0.200. The van der Waals surface area contributed by atoms with Gasteiger partial charge in [0.05, 0.1) is 11.6 Å². The van der Waals surface area contributed by atoms with Crippen LogP contribution in [0.25, 0.3) is 6.08 Å². The maximum atomic E-state index is 12.3. The predicted molar refractivity (Wildman–Crippen MR) is 109 cm³/mol. The second-order valence-electron chi connectivity index (χ2n) is 6.08. The minimum atomic E-state index is -0.296. The van der Waals surface area contributed by atoms with E-state index in [1.54, 1.807) is 42.5 Å². The number of carbonyl (C=O) groups excluding carboxylic acids is 2. The van der Waals surface area contributed by atoms with Gasteiger partial charge in [-0.25, -0.2) is 4.79 Å². The Morgan fingerprint density at radius 1 is 1.19 bits per heavy atom.